The van der Waals surface area contributed by atoms with Crippen LogP contribution in [0.3, 0.4) is 0 Å². The normalized spacial score (nSPS) is 12.0. The molecule has 0 aliphatic rings. The predicted molar refractivity (Wildman–Crippen MR) is 120 cm³/mol. The molecule has 0 atom stereocenters. The Morgan fingerprint density at radius 3 is 2.18 bits per heavy atom. The van der Waals surface area contributed by atoms with E-state index in [1.807, 2.05) is 6.07 Å². The fraction of sp³-hybridized carbons (Fsp3) is 0.130. The Bertz CT molecular complexity index is 1240. The number of hydrogen-bond donors (Lipinski definition) is 1. The molecule has 10 heteroatoms. The number of amides is 1. The number of hydrazone groups is 1. The standard InChI is InChI=1S/C23H20F3N3O3S/c1-33(31,32)29(16-17-7-3-2-4-8-17)20-13-11-18(12-14-20)22(30)28-27-15-19-9-5-6-10-21(19)23(24,25)26/h2-15H,16H2,1H3,(H,28,30)/b27-15-. The molecule has 0 bridgehead atoms. The van der Waals surface area contributed by atoms with Crippen molar-refractivity contribution in [1.82, 2.24) is 5.43 Å². The molecule has 3 rings (SSSR count). The second kappa shape index (κ2) is 9.86. The first kappa shape index (κ1) is 24.0. The summed E-state index contributed by atoms with van der Waals surface area (Å²) in [7, 11) is -3.59. The molecule has 6 nitrogen and oxygen atoms in total. The highest BCUT2D eigenvalue weighted by molar-refractivity contribution is 7.92. The highest BCUT2D eigenvalue weighted by atomic mass is 32.2. The fourth-order valence-corrected chi connectivity index (χ4v) is 3.91. The average molecular weight is 475 g/mol. The van der Waals surface area contributed by atoms with Gasteiger partial charge < -0.3 is 0 Å². The summed E-state index contributed by atoms with van der Waals surface area (Å²) in [6.45, 7) is 0.119. The molecule has 172 valence electrons. The Labute approximate surface area is 189 Å². The summed E-state index contributed by atoms with van der Waals surface area (Å²) in [5, 5.41) is 3.61. The Kier molecular flexibility index (Phi) is 7.17. The monoisotopic (exact) mass is 475 g/mol. The zero-order chi connectivity index (χ0) is 24.1. The molecule has 0 heterocycles. The van der Waals surface area contributed by atoms with E-state index in [9.17, 15) is 26.4 Å². The number of nitrogens with one attached hydrogen (secondary N) is 1. The second-order valence-corrected chi connectivity index (χ2v) is 8.99. The number of anilines is 1. The highest BCUT2D eigenvalue weighted by Gasteiger charge is 2.32. The van der Waals surface area contributed by atoms with Crippen molar-refractivity contribution in [1.29, 1.82) is 0 Å². The summed E-state index contributed by atoms with van der Waals surface area (Å²) < 4.78 is 64.8. The smallest absolute Gasteiger partial charge is 0.267 e. The van der Waals surface area contributed by atoms with Crippen molar-refractivity contribution in [3.63, 3.8) is 0 Å². The topological polar surface area (TPSA) is 78.8 Å². The number of nitrogens with zero attached hydrogens (tertiary/aromatic N) is 2. The SMILES string of the molecule is CS(=O)(=O)N(Cc1ccccc1)c1ccc(C(=O)N/N=C\c2ccccc2C(F)(F)F)cc1. The first-order valence-corrected chi connectivity index (χ1v) is 11.5. The lowest BCUT2D eigenvalue weighted by Crippen LogP contribution is -2.29. The Morgan fingerprint density at radius 1 is 0.970 bits per heavy atom. The van der Waals surface area contributed by atoms with Gasteiger partial charge in [-0.05, 0) is 35.9 Å². The van der Waals surface area contributed by atoms with Gasteiger partial charge in [0, 0.05) is 11.1 Å². The van der Waals surface area contributed by atoms with E-state index in [1.165, 1.54) is 46.8 Å². The van der Waals surface area contributed by atoms with Crippen molar-refractivity contribution in [2.45, 2.75) is 12.7 Å². The number of alkyl halides is 3. The quantitative estimate of drug-likeness (QED) is 0.406. The van der Waals surface area contributed by atoms with Crippen molar-refractivity contribution in [2.75, 3.05) is 10.6 Å². The molecule has 3 aromatic rings. The third-order valence-corrected chi connectivity index (χ3v) is 5.76. The van der Waals surface area contributed by atoms with Gasteiger partial charge in [0.05, 0.1) is 30.3 Å². The van der Waals surface area contributed by atoms with E-state index in [1.54, 1.807) is 24.3 Å². The van der Waals surface area contributed by atoms with E-state index in [2.05, 4.69) is 10.5 Å². The van der Waals surface area contributed by atoms with Gasteiger partial charge >= 0.3 is 6.18 Å². The molecule has 1 N–H and O–H groups in total. The maximum absolute atomic E-state index is 13.0. The van der Waals surface area contributed by atoms with Crippen molar-refractivity contribution in [3.8, 4) is 0 Å². The number of benzene rings is 3. The first-order chi connectivity index (χ1) is 15.6. The van der Waals surface area contributed by atoms with Crippen LogP contribution in [-0.2, 0) is 22.7 Å². The summed E-state index contributed by atoms with van der Waals surface area (Å²) in [6.07, 6.45) is -2.54. The van der Waals surface area contributed by atoms with Crippen LogP contribution in [0.15, 0.2) is 84.0 Å². The van der Waals surface area contributed by atoms with Crippen LogP contribution in [0.2, 0.25) is 0 Å². The molecule has 3 aromatic carbocycles. The van der Waals surface area contributed by atoms with Gasteiger partial charge in [0.2, 0.25) is 10.0 Å². The van der Waals surface area contributed by atoms with E-state index < -0.39 is 27.7 Å². The molecular formula is C23H20F3N3O3S. The maximum atomic E-state index is 13.0. The first-order valence-electron chi connectivity index (χ1n) is 9.67. The molecule has 1 amide bonds. The zero-order valence-corrected chi connectivity index (χ0v) is 18.3. The number of sulfonamides is 1. The lowest BCUT2D eigenvalue weighted by atomic mass is 10.1. The van der Waals surface area contributed by atoms with Crippen LogP contribution in [0.25, 0.3) is 0 Å². The molecule has 0 aliphatic heterocycles. The Hall–Kier alpha value is -3.66. The highest BCUT2D eigenvalue weighted by Crippen LogP contribution is 2.31. The van der Waals surface area contributed by atoms with Gasteiger partial charge in [-0.15, -0.1) is 0 Å². The van der Waals surface area contributed by atoms with Crippen molar-refractivity contribution < 1.29 is 26.4 Å². The van der Waals surface area contributed by atoms with Crippen LogP contribution in [0.1, 0.15) is 27.0 Å². The Balaban J connectivity index is 1.73. The van der Waals surface area contributed by atoms with Gasteiger partial charge in [-0.3, -0.25) is 9.10 Å². The Morgan fingerprint density at radius 2 is 1.58 bits per heavy atom. The van der Waals surface area contributed by atoms with Gasteiger partial charge in [-0.1, -0.05) is 48.5 Å². The van der Waals surface area contributed by atoms with Gasteiger partial charge in [0.15, 0.2) is 0 Å². The van der Waals surface area contributed by atoms with Gasteiger partial charge in [0.25, 0.3) is 5.91 Å². The molecule has 0 aromatic heterocycles. The largest absolute Gasteiger partial charge is 0.417 e. The van der Waals surface area contributed by atoms with Gasteiger partial charge in [0.1, 0.15) is 0 Å². The molecule has 0 aliphatic carbocycles. The lowest BCUT2D eigenvalue weighted by Gasteiger charge is -2.22. The zero-order valence-electron chi connectivity index (χ0n) is 17.5. The minimum atomic E-state index is -4.55. The molecule has 0 fully saturated rings. The number of carbonyl (C=O) groups excluding carboxylic acids is 1. The minimum absolute atomic E-state index is 0.119. The summed E-state index contributed by atoms with van der Waals surface area (Å²) in [6, 6.07) is 19.6. The third-order valence-electron chi connectivity index (χ3n) is 4.62. The number of carbonyl (C=O) groups is 1. The summed E-state index contributed by atoms with van der Waals surface area (Å²) in [5.74, 6) is -0.656. The number of hydrogen-bond acceptors (Lipinski definition) is 4. The van der Waals surface area contributed by atoms with Gasteiger partial charge in [-0.25, -0.2) is 13.8 Å². The third kappa shape index (κ3) is 6.42. The molecule has 0 radical (unpaired) electrons. The van der Waals surface area contributed by atoms with Crippen LogP contribution >= 0.6 is 0 Å². The summed E-state index contributed by atoms with van der Waals surface area (Å²) in [5.41, 5.74) is 2.43. The molecule has 0 unspecified atom stereocenters. The summed E-state index contributed by atoms with van der Waals surface area (Å²) >= 11 is 0. The van der Waals surface area contributed by atoms with E-state index in [0.29, 0.717) is 5.69 Å². The van der Waals surface area contributed by atoms with Crippen LogP contribution in [-0.4, -0.2) is 26.8 Å². The van der Waals surface area contributed by atoms with Crippen LogP contribution in [0.4, 0.5) is 18.9 Å². The lowest BCUT2D eigenvalue weighted by molar-refractivity contribution is -0.137. The van der Waals surface area contributed by atoms with Crippen LogP contribution in [0, 0.1) is 0 Å². The summed E-state index contributed by atoms with van der Waals surface area (Å²) in [4.78, 5) is 12.3. The van der Waals surface area contributed by atoms with Crippen molar-refractivity contribution in [2.24, 2.45) is 5.10 Å². The van der Waals surface area contributed by atoms with E-state index >= 15 is 0 Å². The average Bonchev–Trinajstić information content (AvgIpc) is 2.77. The molecule has 33 heavy (non-hydrogen) atoms. The molecule has 0 saturated heterocycles. The molecule has 0 saturated carbocycles. The number of rotatable bonds is 7. The van der Waals surface area contributed by atoms with E-state index in [4.69, 9.17) is 0 Å². The van der Waals surface area contributed by atoms with Gasteiger partial charge in [-0.2, -0.15) is 18.3 Å². The molecular weight excluding hydrogens is 455 g/mol. The van der Waals surface area contributed by atoms with E-state index in [0.717, 1.165) is 24.1 Å². The molecule has 0 spiro atoms. The fourth-order valence-electron chi connectivity index (χ4n) is 3.02. The number of halogens is 3. The van der Waals surface area contributed by atoms with Crippen LogP contribution < -0.4 is 9.73 Å². The van der Waals surface area contributed by atoms with Crippen molar-refractivity contribution in [3.05, 3.63) is 101 Å². The maximum Gasteiger partial charge on any atom is 0.417 e. The minimum Gasteiger partial charge on any atom is -0.267 e. The van der Waals surface area contributed by atoms with Crippen molar-refractivity contribution >= 4 is 27.8 Å². The van der Waals surface area contributed by atoms with E-state index in [-0.39, 0.29) is 17.7 Å². The van der Waals surface area contributed by atoms with Crippen LogP contribution in [0.5, 0.6) is 0 Å². The predicted octanol–water partition coefficient (Wildman–Crippen LogP) is 4.44. The second-order valence-electron chi connectivity index (χ2n) is 7.09.